The second-order valence-corrected chi connectivity index (χ2v) is 16.2. The molecule has 13 rings (SSSR count). The third-order valence-corrected chi connectivity index (χ3v) is 12.7. The Balaban J connectivity index is 1.32. The topological polar surface area (TPSA) is 57.8 Å². The van der Waals surface area contributed by atoms with Crippen LogP contribution >= 0.6 is 0 Å². The predicted octanol–water partition coefficient (Wildman–Crippen LogP) is 14.7. The summed E-state index contributed by atoms with van der Waals surface area (Å²) in [4.78, 5) is 20.4. The summed E-state index contributed by atoms with van der Waals surface area (Å²) < 4.78 is 7.05. The summed E-state index contributed by atoms with van der Waals surface area (Å²) in [5, 5.41) is 6.65. The van der Waals surface area contributed by atoms with E-state index >= 15 is 0 Å². The summed E-state index contributed by atoms with van der Waals surface area (Å²) in [5.41, 5.74) is 11.3. The van der Waals surface area contributed by atoms with E-state index in [0.29, 0.717) is 28.7 Å². The van der Waals surface area contributed by atoms with E-state index in [1.165, 1.54) is 0 Å². The van der Waals surface area contributed by atoms with Crippen molar-refractivity contribution in [1.82, 2.24) is 28.7 Å². The summed E-state index contributed by atoms with van der Waals surface area (Å²) in [6.45, 7) is 9.21. The van der Waals surface area contributed by atoms with Gasteiger partial charge in [-0.15, -0.1) is 0 Å². The molecule has 0 unspecified atom stereocenters. The maximum absolute atomic E-state index is 9.21. The molecule has 0 N–H and O–H groups in total. The molecular formula is C58H35N7. The Bertz CT molecular complexity index is 3860. The van der Waals surface area contributed by atoms with Gasteiger partial charge in [-0.2, -0.15) is 0 Å². The molecule has 4 heterocycles. The first-order valence-corrected chi connectivity index (χ1v) is 21.7. The van der Waals surface area contributed by atoms with Crippen LogP contribution in [0.5, 0.6) is 0 Å². The molecule has 0 aliphatic rings. The Morgan fingerprint density at radius 1 is 0.308 bits per heavy atom. The Hall–Kier alpha value is -9.12. The molecule has 9 aromatic carbocycles. The van der Waals surface area contributed by atoms with E-state index in [-0.39, 0.29) is 0 Å². The van der Waals surface area contributed by atoms with E-state index in [4.69, 9.17) is 15.0 Å². The molecule has 0 atom stereocenters. The lowest BCUT2D eigenvalue weighted by Crippen LogP contribution is -2.12. The molecule has 0 aliphatic heterocycles. The second-order valence-electron chi connectivity index (χ2n) is 16.2. The maximum Gasteiger partial charge on any atom is 0.213 e. The largest absolute Gasteiger partial charge is 0.317 e. The van der Waals surface area contributed by atoms with Crippen LogP contribution in [0.3, 0.4) is 0 Å². The number of benzene rings is 9. The molecule has 7 heteroatoms. The van der Waals surface area contributed by atoms with E-state index in [1.54, 1.807) is 0 Å². The fraction of sp³-hybridized carbons (Fsp3) is 0. The van der Waals surface area contributed by atoms with Gasteiger partial charge in [0, 0.05) is 49.0 Å². The lowest BCUT2D eigenvalue weighted by molar-refractivity contribution is 1.04. The van der Waals surface area contributed by atoms with Crippen LogP contribution in [0.2, 0.25) is 0 Å². The Morgan fingerprint density at radius 3 is 0.954 bits per heavy atom. The number of rotatable bonds is 6. The number of hydrogen-bond acceptors (Lipinski definition) is 3. The van der Waals surface area contributed by atoms with Crippen LogP contribution in [0.4, 0.5) is 5.69 Å². The molecule has 0 radical (unpaired) electrons. The Kier molecular flexibility index (Phi) is 8.14. The summed E-state index contributed by atoms with van der Waals surface area (Å²) in [6.07, 6.45) is 0. The van der Waals surface area contributed by atoms with E-state index in [9.17, 15) is 6.57 Å². The van der Waals surface area contributed by atoms with Gasteiger partial charge in [0.15, 0.2) is 17.5 Å². The fourth-order valence-corrected chi connectivity index (χ4v) is 9.97. The van der Waals surface area contributed by atoms with E-state index in [1.807, 2.05) is 66.7 Å². The normalized spacial score (nSPS) is 11.7. The van der Waals surface area contributed by atoms with Crippen LogP contribution in [-0.4, -0.2) is 28.7 Å². The minimum Gasteiger partial charge on any atom is -0.317 e. The van der Waals surface area contributed by atoms with Crippen LogP contribution in [0.15, 0.2) is 212 Å². The van der Waals surface area contributed by atoms with Crippen molar-refractivity contribution in [2.75, 3.05) is 0 Å². The molecule has 4 aromatic heterocycles. The first-order valence-electron chi connectivity index (χ1n) is 21.7. The summed E-state index contributed by atoms with van der Waals surface area (Å²) >= 11 is 0. The van der Waals surface area contributed by atoms with Crippen molar-refractivity contribution in [2.45, 2.75) is 0 Å². The standard InChI is InChI=1S/C58H35N7/c1-59-46-36-45(58-61-56(37-20-4-2-5-21-37)60-57(62-58)38-22-6-3-7-23-38)53(63-47-30-14-8-24-39(47)40-25-9-15-31-48(40)63)55(65-51-34-18-12-28-43(51)44-29-13-19-35-52(44)65)54(46)64-49-32-16-10-26-41(49)42-27-11-17-33-50(42)64/h2-36H. The predicted molar refractivity (Wildman–Crippen MR) is 265 cm³/mol. The van der Waals surface area contributed by atoms with E-state index in [2.05, 4.69) is 164 Å². The van der Waals surface area contributed by atoms with E-state index in [0.717, 1.165) is 93.6 Å². The van der Waals surface area contributed by atoms with Crippen molar-refractivity contribution in [1.29, 1.82) is 0 Å². The highest BCUT2D eigenvalue weighted by atomic mass is 15.1. The van der Waals surface area contributed by atoms with Gasteiger partial charge < -0.3 is 13.7 Å². The van der Waals surface area contributed by atoms with E-state index < -0.39 is 0 Å². The van der Waals surface area contributed by atoms with Crippen molar-refractivity contribution >= 4 is 71.1 Å². The summed E-state index contributed by atoms with van der Waals surface area (Å²) in [5.74, 6) is 1.53. The van der Waals surface area contributed by atoms with Gasteiger partial charge in [-0.3, -0.25) is 0 Å². The van der Waals surface area contributed by atoms with Crippen LogP contribution in [0.25, 0.3) is 121 Å². The van der Waals surface area contributed by atoms with Gasteiger partial charge in [0.05, 0.1) is 56.7 Å². The number of nitrogens with zero attached hydrogens (tertiary/aromatic N) is 7. The molecule has 0 spiro atoms. The van der Waals surface area contributed by atoms with Crippen molar-refractivity contribution in [3.8, 4) is 51.2 Å². The molecule has 0 saturated heterocycles. The molecule has 7 nitrogen and oxygen atoms in total. The molecule has 0 amide bonds. The monoisotopic (exact) mass is 829 g/mol. The molecule has 13 aromatic rings. The molecule has 0 aliphatic carbocycles. The van der Waals surface area contributed by atoms with Gasteiger partial charge in [-0.05, 0) is 42.5 Å². The number of hydrogen-bond donors (Lipinski definition) is 0. The van der Waals surface area contributed by atoms with Gasteiger partial charge in [0.2, 0.25) is 5.69 Å². The van der Waals surface area contributed by atoms with Gasteiger partial charge >= 0.3 is 0 Å². The molecule has 302 valence electrons. The van der Waals surface area contributed by atoms with Crippen molar-refractivity contribution in [3.05, 3.63) is 224 Å². The minimum absolute atomic E-state index is 0.454. The van der Waals surface area contributed by atoms with Gasteiger partial charge in [-0.1, -0.05) is 170 Å². The highest BCUT2D eigenvalue weighted by Gasteiger charge is 2.31. The van der Waals surface area contributed by atoms with Crippen LogP contribution in [0.1, 0.15) is 0 Å². The highest BCUT2D eigenvalue weighted by Crippen LogP contribution is 2.49. The molecule has 0 fully saturated rings. The quantitative estimate of drug-likeness (QED) is 0.157. The average molecular weight is 830 g/mol. The number of fused-ring (bicyclic) bond motifs is 9. The zero-order chi connectivity index (χ0) is 43.0. The zero-order valence-corrected chi connectivity index (χ0v) is 34.8. The smallest absolute Gasteiger partial charge is 0.213 e. The average Bonchev–Trinajstić information content (AvgIpc) is 4.02. The third kappa shape index (κ3) is 5.51. The Morgan fingerprint density at radius 2 is 0.600 bits per heavy atom. The zero-order valence-electron chi connectivity index (χ0n) is 34.8. The first-order chi connectivity index (χ1) is 32.2. The van der Waals surface area contributed by atoms with Crippen LogP contribution in [0, 0.1) is 6.57 Å². The lowest BCUT2D eigenvalue weighted by Gasteiger charge is -2.26. The van der Waals surface area contributed by atoms with Crippen molar-refractivity contribution in [3.63, 3.8) is 0 Å². The third-order valence-electron chi connectivity index (χ3n) is 12.7. The van der Waals surface area contributed by atoms with Crippen molar-refractivity contribution < 1.29 is 0 Å². The van der Waals surface area contributed by atoms with Crippen LogP contribution < -0.4 is 0 Å². The summed E-state index contributed by atoms with van der Waals surface area (Å²) in [7, 11) is 0. The summed E-state index contributed by atoms with van der Waals surface area (Å²) in [6, 6.07) is 73.5. The number of aromatic nitrogens is 6. The SMILES string of the molecule is [C-]#[N+]c1cc(-c2nc(-c3ccccc3)nc(-c3ccccc3)n2)c(-n2c3ccccc3c3ccccc32)c(-n2c3ccccc3c3ccccc32)c1-n1c2ccccc2c2ccccc21. The molecule has 0 saturated carbocycles. The highest BCUT2D eigenvalue weighted by molar-refractivity contribution is 6.15. The number of para-hydroxylation sites is 6. The first kappa shape index (κ1) is 36.5. The van der Waals surface area contributed by atoms with Crippen LogP contribution in [-0.2, 0) is 0 Å². The second kappa shape index (κ2) is 14.5. The molecule has 0 bridgehead atoms. The maximum atomic E-state index is 9.21. The Labute approximate surface area is 373 Å². The van der Waals surface area contributed by atoms with Gasteiger partial charge in [0.25, 0.3) is 0 Å². The van der Waals surface area contributed by atoms with Crippen molar-refractivity contribution in [2.24, 2.45) is 0 Å². The lowest BCUT2D eigenvalue weighted by atomic mass is 10.0. The van der Waals surface area contributed by atoms with Gasteiger partial charge in [-0.25, -0.2) is 19.8 Å². The molecule has 65 heavy (non-hydrogen) atoms. The molecular weight excluding hydrogens is 795 g/mol. The minimum atomic E-state index is 0.454. The van der Waals surface area contributed by atoms with Gasteiger partial charge in [0.1, 0.15) is 0 Å². The fourth-order valence-electron chi connectivity index (χ4n) is 9.97.